The summed E-state index contributed by atoms with van der Waals surface area (Å²) in [7, 11) is 0. The number of benzene rings is 1. The smallest absolute Gasteiger partial charge is 0.323 e. The Bertz CT molecular complexity index is 316. The highest BCUT2D eigenvalue weighted by atomic mass is 16.6. The lowest BCUT2D eigenvalue weighted by Crippen LogP contribution is -2.39. The zero-order valence-corrected chi connectivity index (χ0v) is 8.93. The predicted octanol–water partition coefficient (Wildman–Crippen LogP) is 0.162. The molecular formula is C11H16N2O3. The van der Waals surface area contributed by atoms with E-state index in [9.17, 15) is 4.79 Å². The van der Waals surface area contributed by atoms with Crippen LogP contribution < -0.4 is 11.2 Å². The van der Waals surface area contributed by atoms with Crippen LogP contribution in [0.25, 0.3) is 0 Å². The van der Waals surface area contributed by atoms with Crippen molar-refractivity contribution in [2.75, 3.05) is 13.2 Å². The van der Waals surface area contributed by atoms with Gasteiger partial charge in [-0.15, -0.1) is 0 Å². The summed E-state index contributed by atoms with van der Waals surface area (Å²) in [6, 6.07) is 8.62. The second-order valence-electron chi connectivity index (χ2n) is 3.34. The Morgan fingerprint density at radius 1 is 1.44 bits per heavy atom. The Hall–Kier alpha value is -1.43. The molecule has 0 bridgehead atoms. The average molecular weight is 224 g/mol. The molecule has 4 N–H and O–H groups in total. The van der Waals surface area contributed by atoms with Crippen LogP contribution in [0, 0.1) is 0 Å². The van der Waals surface area contributed by atoms with E-state index < -0.39 is 12.0 Å². The molecule has 0 saturated carbocycles. The largest absolute Gasteiger partial charge is 0.480 e. The molecule has 1 rings (SSSR count). The van der Waals surface area contributed by atoms with Gasteiger partial charge in [0, 0.05) is 13.0 Å². The number of carbonyl (C=O) groups is 1. The molecule has 0 aromatic heterocycles. The van der Waals surface area contributed by atoms with Crippen LogP contribution >= 0.6 is 0 Å². The maximum atomic E-state index is 10.9. The van der Waals surface area contributed by atoms with E-state index >= 15 is 0 Å². The molecule has 5 nitrogen and oxygen atoms in total. The van der Waals surface area contributed by atoms with Crippen LogP contribution in [0.4, 0.5) is 0 Å². The predicted molar refractivity (Wildman–Crippen MR) is 59.7 cm³/mol. The topological polar surface area (TPSA) is 84.6 Å². The molecule has 1 aromatic rings. The van der Waals surface area contributed by atoms with Gasteiger partial charge in [-0.1, -0.05) is 30.3 Å². The third kappa shape index (κ3) is 4.39. The van der Waals surface area contributed by atoms with Gasteiger partial charge in [-0.05, 0) is 5.56 Å². The van der Waals surface area contributed by atoms with E-state index in [0.717, 1.165) is 5.56 Å². The van der Waals surface area contributed by atoms with Gasteiger partial charge >= 0.3 is 5.97 Å². The highest BCUT2D eigenvalue weighted by molar-refractivity contribution is 5.73. The summed E-state index contributed by atoms with van der Waals surface area (Å²) in [5, 5.41) is 8.96. The second-order valence-corrected chi connectivity index (χ2v) is 3.34. The molecular weight excluding hydrogens is 208 g/mol. The SMILES string of the molecule is NCCONC(Cc1ccccc1)C(=O)O. The minimum atomic E-state index is -0.944. The van der Waals surface area contributed by atoms with Gasteiger partial charge in [0.2, 0.25) is 0 Å². The van der Waals surface area contributed by atoms with Gasteiger partial charge in [0.25, 0.3) is 0 Å². The number of nitrogens with one attached hydrogen (secondary N) is 1. The van der Waals surface area contributed by atoms with Crippen LogP contribution in [0.3, 0.4) is 0 Å². The van der Waals surface area contributed by atoms with E-state index in [-0.39, 0.29) is 0 Å². The quantitative estimate of drug-likeness (QED) is 0.454. The molecule has 0 saturated heterocycles. The standard InChI is InChI=1S/C11H16N2O3/c12-6-7-16-13-10(11(14)15)8-9-4-2-1-3-5-9/h1-5,10,13H,6-8,12H2,(H,14,15). The number of nitrogens with two attached hydrogens (primary N) is 1. The van der Waals surface area contributed by atoms with Crippen LogP contribution in [0.1, 0.15) is 5.56 Å². The summed E-state index contributed by atoms with van der Waals surface area (Å²) < 4.78 is 0. The van der Waals surface area contributed by atoms with Gasteiger partial charge in [-0.3, -0.25) is 9.63 Å². The third-order valence-corrected chi connectivity index (χ3v) is 2.03. The van der Waals surface area contributed by atoms with Gasteiger partial charge in [-0.25, -0.2) is 0 Å². The molecule has 0 fully saturated rings. The molecule has 16 heavy (non-hydrogen) atoms. The van der Waals surface area contributed by atoms with Crippen molar-refractivity contribution in [1.82, 2.24) is 5.48 Å². The van der Waals surface area contributed by atoms with Crippen LogP contribution in [-0.2, 0) is 16.1 Å². The van der Waals surface area contributed by atoms with Crippen molar-refractivity contribution in [3.63, 3.8) is 0 Å². The van der Waals surface area contributed by atoms with Gasteiger partial charge in [-0.2, -0.15) is 5.48 Å². The van der Waals surface area contributed by atoms with E-state index in [1.54, 1.807) is 0 Å². The monoisotopic (exact) mass is 224 g/mol. The first-order chi connectivity index (χ1) is 7.74. The van der Waals surface area contributed by atoms with E-state index in [1.165, 1.54) is 0 Å². The lowest BCUT2D eigenvalue weighted by atomic mass is 10.1. The summed E-state index contributed by atoms with van der Waals surface area (Å²) in [6.45, 7) is 0.642. The number of carboxylic acid groups (broad SMARTS) is 1. The highest BCUT2D eigenvalue weighted by Crippen LogP contribution is 2.03. The average Bonchev–Trinajstić information content (AvgIpc) is 2.29. The normalized spacial score (nSPS) is 12.3. The molecule has 88 valence electrons. The third-order valence-electron chi connectivity index (χ3n) is 2.03. The van der Waals surface area contributed by atoms with Gasteiger partial charge in [0.05, 0.1) is 6.61 Å². The number of carboxylic acids is 1. The molecule has 1 aromatic carbocycles. The van der Waals surface area contributed by atoms with Crippen molar-refractivity contribution in [2.24, 2.45) is 5.73 Å². The molecule has 0 aliphatic rings. The summed E-state index contributed by atoms with van der Waals surface area (Å²) in [5.41, 5.74) is 8.66. The van der Waals surface area contributed by atoms with Crippen LogP contribution in [0.15, 0.2) is 30.3 Å². The highest BCUT2D eigenvalue weighted by Gasteiger charge is 2.17. The Labute approximate surface area is 94.2 Å². The van der Waals surface area contributed by atoms with E-state index in [1.807, 2.05) is 30.3 Å². The van der Waals surface area contributed by atoms with Gasteiger partial charge < -0.3 is 10.8 Å². The number of hydrogen-bond donors (Lipinski definition) is 3. The summed E-state index contributed by atoms with van der Waals surface area (Å²) >= 11 is 0. The zero-order valence-electron chi connectivity index (χ0n) is 8.93. The van der Waals surface area contributed by atoms with Gasteiger partial charge in [0.15, 0.2) is 0 Å². The second kappa shape index (κ2) is 6.95. The number of hydroxylamine groups is 1. The van der Waals surface area contributed by atoms with Crippen molar-refractivity contribution in [3.05, 3.63) is 35.9 Å². The lowest BCUT2D eigenvalue weighted by Gasteiger charge is -2.13. The van der Waals surface area contributed by atoms with Crippen LogP contribution in [0.2, 0.25) is 0 Å². The number of aliphatic carboxylic acids is 1. The minimum Gasteiger partial charge on any atom is -0.480 e. The number of hydrogen-bond acceptors (Lipinski definition) is 4. The fraction of sp³-hybridized carbons (Fsp3) is 0.364. The molecule has 0 aliphatic heterocycles. The van der Waals surface area contributed by atoms with E-state index in [4.69, 9.17) is 15.7 Å². The summed E-state index contributed by atoms with van der Waals surface area (Å²) in [5.74, 6) is -0.944. The van der Waals surface area contributed by atoms with E-state index in [2.05, 4.69) is 5.48 Å². The molecule has 5 heteroatoms. The summed E-state index contributed by atoms with van der Waals surface area (Å²) in [6.07, 6.45) is 0.376. The van der Waals surface area contributed by atoms with Crippen LogP contribution in [0.5, 0.6) is 0 Å². The Kier molecular flexibility index (Phi) is 5.49. The molecule has 0 heterocycles. The van der Waals surface area contributed by atoms with Crippen molar-refractivity contribution in [3.8, 4) is 0 Å². The van der Waals surface area contributed by atoms with Crippen LogP contribution in [-0.4, -0.2) is 30.3 Å². The molecule has 0 amide bonds. The Morgan fingerprint density at radius 3 is 2.69 bits per heavy atom. The summed E-state index contributed by atoms with van der Waals surface area (Å²) in [4.78, 5) is 15.8. The van der Waals surface area contributed by atoms with Crippen molar-refractivity contribution >= 4 is 5.97 Å². The van der Waals surface area contributed by atoms with Crippen molar-refractivity contribution in [1.29, 1.82) is 0 Å². The molecule has 0 radical (unpaired) electrons. The first-order valence-corrected chi connectivity index (χ1v) is 5.08. The Balaban J connectivity index is 2.48. The first-order valence-electron chi connectivity index (χ1n) is 5.08. The fourth-order valence-electron chi connectivity index (χ4n) is 1.25. The molecule has 1 unspecified atom stereocenters. The lowest BCUT2D eigenvalue weighted by molar-refractivity contribution is -0.144. The fourth-order valence-corrected chi connectivity index (χ4v) is 1.25. The Morgan fingerprint density at radius 2 is 2.12 bits per heavy atom. The first kappa shape index (κ1) is 12.6. The van der Waals surface area contributed by atoms with E-state index in [0.29, 0.717) is 19.6 Å². The van der Waals surface area contributed by atoms with Crippen molar-refractivity contribution < 1.29 is 14.7 Å². The maximum Gasteiger partial charge on any atom is 0.323 e. The zero-order chi connectivity index (χ0) is 11.8. The number of rotatable bonds is 7. The van der Waals surface area contributed by atoms with Crippen molar-refractivity contribution in [2.45, 2.75) is 12.5 Å². The minimum absolute atomic E-state index is 0.290. The maximum absolute atomic E-state index is 10.9. The molecule has 0 spiro atoms. The molecule has 1 atom stereocenters. The molecule has 0 aliphatic carbocycles. The van der Waals surface area contributed by atoms with Gasteiger partial charge in [0.1, 0.15) is 6.04 Å².